The zero-order valence-electron chi connectivity index (χ0n) is 11.6. The highest BCUT2D eigenvalue weighted by atomic mass is 35.5. The molecule has 0 saturated carbocycles. The summed E-state index contributed by atoms with van der Waals surface area (Å²) in [6, 6.07) is 9.09. The minimum absolute atomic E-state index is 0. The highest BCUT2D eigenvalue weighted by Crippen LogP contribution is 2.16. The number of benzene rings is 1. The van der Waals surface area contributed by atoms with Gasteiger partial charge in [-0.15, -0.1) is 12.4 Å². The summed E-state index contributed by atoms with van der Waals surface area (Å²) in [5.41, 5.74) is 7.13. The lowest BCUT2D eigenvalue weighted by Gasteiger charge is -2.07. The molecule has 1 heterocycles. The van der Waals surface area contributed by atoms with Gasteiger partial charge in [-0.3, -0.25) is 4.79 Å². The fourth-order valence-corrected chi connectivity index (χ4v) is 1.73. The first-order valence-corrected chi connectivity index (χ1v) is 6.52. The Balaban J connectivity index is 0.00000220. The zero-order chi connectivity index (χ0) is 14.2. The molecule has 1 amide bonds. The molecule has 0 atom stereocenters. The number of halogens is 1. The molecule has 2 rings (SSSR count). The number of anilines is 1. The van der Waals surface area contributed by atoms with Crippen LogP contribution in [0.2, 0.25) is 0 Å². The third kappa shape index (κ3) is 5.89. The van der Waals surface area contributed by atoms with Gasteiger partial charge in [0.2, 0.25) is 5.91 Å². The van der Waals surface area contributed by atoms with E-state index in [1.54, 1.807) is 24.7 Å². The molecule has 1 aromatic carbocycles. The fourth-order valence-electron chi connectivity index (χ4n) is 1.73. The first-order valence-electron chi connectivity index (χ1n) is 6.52. The average Bonchev–Trinajstić information content (AvgIpc) is 2.98. The quantitative estimate of drug-likeness (QED) is 0.824. The Kier molecular flexibility index (Phi) is 7.36. The molecule has 0 aliphatic carbocycles. The van der Waals surface area contributed by atoms with E-state index in [1.165, 1.54) is 0 Å². The van der Waals surface area contributed by atoms with Gasteiger partial charge in [0.25, 0.3) is 0 Å². The maximum absolute atomic E-state index is 11.8. The number of hydrogen-bond acceptors (Lipinski definition) is 4. The summed E-state index contributed by atoms with van der Waals surface area (Å²) in [5.74, 6) is 0.716. The summed E-state index contributed by atoms with van der Waals surface area (Å²) >= 11 is 0. The van der Waals surface area contributed by atoms with Crippen molar-refractivity contribution in [2.24, 2.45) is 5.73 Å². The first kappa shape index (κ1) is 17.1. The van der Waals surface area contributed by atoms with Crippen LogP contribution >= 0.6 is 12.4 Å². The molecular formula is C15H19ClN2O3. The van der Waals surface area contributed by atoms with E-state index in [0.29, 0.717) is 26.0 Å². The van der Waals surface area contributed by atoms with Crippen LogP contribution in [0.3, 0.4) is 0 Å². The predicted molar refractivity (Wildman–Crippen MR) is 83.9 cm³/mol. The Morgan fingerprint density at radius 2 is 2.00 bits per heavy atom. The highest BCUT2D eigenvalue weighted by molar-refractivity contribution is 5.90. The van der Waals surface area contributed by atoms with E-state index < -0.39 is 0 Å². The van der Waals surface area contributed by atoms with Gasteiger partial charge in [0.15, 0.2) is 0 Å². The molecule has 3 N–H and O–H groups in total. The van der Waals surface area contributed by atoms with Gasteiger partial charge in [-0.05, 0) is 42.3 Å². The van der Waals surface area contributed by atoms with Crippen LogP contribution in [0.4, 0.5) is 5.69 Å². The number of rotatable bonds is 7. The average molecular weight is 311 g/mol. The normalized spacial score (nSPS) is 9.76. The molecule has 21 heavy (non-hydrogen) atoms. The number of aryl methyl sites for hydroxylation is 1. The van der Waals surface area contributed by atoms with Crippen molar-refractivity contribution in [1.29, 1.82) is 0 Å². The van der Waals surface area contributed by atoms with Crippen molar-refractivity contribution in [3.8, 4) is 5.75 Å². The Bertz CT molecular complexity index is 526. The van der Waals surface area contributed by atoms with E-state index in [1.807, 2.05) is 18.2 Å². The summed E-state index contributed by atoms with van der Waals surface area (Å²) in [4.78, 5) is 11.8. The molecule has 0 bridgehead atoms. The fraction of sp³-hybridized carbons (Fsp3) is 0.267. The largest absolute Gasteiger partial charge is 0.492 e. The second kappa shape index (κ2) is 9.05. The minimum atomic E-state index is -0.0261. The van der Waals surface area contributed by atoms with Crippen molar-refractivity contribution in [2.75, 3.05) is 18.5 Å². The minimum Gasteiger partial charge on any atom is -0.492 e. The lowest BCUT2D eigenvalue weighted by atomic mass is 10.2. The maximum atomic E-state index is 11.8. The lowest BCUT2D eigenvalue weighted by molar-refractivity contribution is -0.116. The summed E-state index contributed by atoms with van der Waals surface area (Å²) in [6.07, 6.45) is 4.34. The van der Waals surface area contributed by atoms with E-state index in [0.717, 1.165) is 17.0 Å². The molecule has 0 aliphatic heterocycles. The van der Waals surface area contributed by atoms with E-state index >= 15 is 0 Å². The van der Waals surface area contributed by atoms with Crippen LogP contribution < -0.4 is 15.8 Å². The Labute approximate surface area is 129 Å². The monoisotopic (exact) mass is 310 g/mol. The Morgan fingerprint density at radius 3 is 2.62 bits per heavy atom. The van der Waals surface area contributed by atoms with Gasteiger partial charge >= 0.3 is 0 Å². The predicted octanol–water partition coefficient (Wildman–Crippen LogP) is 2.61. The Hall–Kier alpha value is -1.98. The van der Waals surface area contributed by atoms with Crippen molar-refractivity contribution in [3.05, 3.63) is 48.4 Å². The molecule has 0 spiro atoms. The summed E-state index contributed by atoms with van der Waals surface area (Å²) in [7, 11) is 0. The smallest absolute Gasteiger partial charge is 0.224 e. The van der Waals surface area contributed by atoms with Gasteiger partial charge in [0.05, 0.1) is 12.5 Å². The number of nitrogens with one attached hydrogen (secondary N) is 1. The maximum Gasteiger partial charge on any atom is 0.224 e. The number of ether oxygens (including phenoxy) is 1. The molecule has 0 radical (unpaired) electrons. The van der Waals surface area contributed by atoms with E-state index in [2.05, 4.69) is 5.32 Å². The Morgan fingerprint density at radius 1 is 1.24 bits per heavy atom. The van der Waals surface area contributed by atoms with Crippen molar-refractivity contribution in [1.82, 2.24) is 0 Å². The number of nitrogens with two attached hydrogens (primary N) is 1. The highest BCUT2D eigenvalue weighted by Gasteiger charge is 2.04. The standard InChI is InChI=1S/C15H18N2O3.ClH/c16-8-10-20-14-4-2-13(3-5-14)17-15(18)6-1-12-7-9-19-11-12;/h2-5,7,9,11H,1,6,8,10,16H2,(H,17,18);1H. The van der Waals surface area contributed by atoms with Crippen LogP contribution in [0, 0.1) is 0 Å². The number of carbonyl (C=O) groups excluding carboxylic acids is 1. The van der Waals surface area contributed by atoms with Crippen LogP contribution in [0.1, 0.15) is 12.0 Å². The van der Waals surface area contributed by atoms with E-state index in [9.17, 15) is 4.79 Å². The van der Waals surface area contributed by atoms with Gasteiger partial charge in [-0.1, -0.05) is 0 Å². The van der Waals surface area contributed by atoms with Gasteiger partial charge in [-0.25, -0.2) is 0 Å². The summed E-state index contributed by atoms with van der Waals surface area (Å²) in [5, 5.41) is 2.84. The molecule has 0 fully saturated rings. The molecule has 0 unspecified atom stereocenters. The lowest BCUT2D eigenvalue weighted by Crippen LogP contribution is -2.12. The SMILES string of the molecule is Cl.NCCOc1ccc(NC(=O)CCc2ccoc2)cc1. The summed E-state index contributed by atoms with van der Waals surface area (Å²) in [6.45, 7) is 0.961. The number of hydrogen-bond donors (Lipinski definition) is 2. The van der Waals surface area contributed by atoms with Gasteiger partial charge in [-0.2, -0.15) is 0 Å². The third-order valence-corrected chi connectivity index (χ3v) is 2.75. The molecular weight excluding hydrogens is 292 g/mol. The molecule has 0 saturated heterocycles. The molecule has 2 aromatic rings. The third-order valence-electron chi connectivity index (χ3n) is 2.75. The van der Waals surface area contributed by atoms with Crippen LogP contribution in [0.25, 0.3) is 0 Å². The van der Waals surface area contributed by atoms with Crippen LogP contribution in [-0.4, -0.2) is 19.1 Å². The molecule has 6 heteroatoms. The van der Waals surface area contributed by atoms with E-state index in [4.69, 9.17) is 14.9 Å². The number of carbonyl (C=O) groups is 1. The number of amides is 1. The van der Waals surface area contributed by atoms with Crippen molar-refractivity contribution in [2.45, 2.75) is 12.8 Å². The molecule has 114 valence electrons. The van der Waals surface area contributed by atoms with Crippen LogP contribution in [0.5, 0.6) is 5.75 Å². The zero-order valence-corrected chi connectivity index (χ0v) is 12.4. The van der Waals surface area contributed by atoms with Gasteiger partial charge in [0, 0.05) is 18.7 Å². The summed E-state index contributed by atoms with van der Waals surface area (Å²) < 4.78 is 10.3. The van der Waals surface area contributed by atoms with Crippen molar-refractivity contribution in [3.63, 3.8) is 0 Å². The first-order chi connectivity index (χ1) is 9.78. The number of furan rings is 1. The topological polar surface area (TPSA) is 77.5 Å². The molecule has 0 aliphatic rings. The van der Waals surface area contributed by atoms with E-state index in [-0.39, 0.29) is 18.3 Å². The van der Waals surface area contributed by atoms with Crippen LogP contribution in [0.15, 0.2) is 47.3 Å². The second-order valence-electron chi connectivity index (χ2n) is 4.34. The second-order valence-corrected chi connectivity index (χ2v) is 4.34. The van der Waals surface area contributed by atoms with Gasteiger partial charge in [0.1, 0.15) is 12.4 Å². The van der Waals surface area contributed by atoms with Crippen molar-refractivity contribution < 1.29 is 13.9 Å². The van der Waals surface area contributed by atoms with Gasteiger partial charge < -0.3 is 20.2 Å². The molecule has 5 nitrogen and oxygen atoms in total. The molecule has 1 aromatic heterocycles. The van der Waals surface area contributed by atoms with Crippen LogP contribution in [-0.2, 0) is 11.2 Å². The van der Waals surface area contributed by atoms with Crippen molar-refractivity contribution >= 4 is 24.0 Å².